The van der Waals surface area contributed by atoms with Gasteiger partial charge in [-0.15, -0.1) is 0 Å². The van der Waals surface area contributed by atoms with E-state index in [9.17, 15) is 9.90 Å². The fourth-order valence-electron chi connectivity index (χ4n) is 5.51. The minimum absolute atomic E-state index is 0.200. The molecule has 7 heteroatoms. The highest BCUT2D eigenvalue weighted by Crippen LogP contribution is 2.69. The minimum atomic E-state index is -1.17. The zero-order valence-corrected chi connectivity index (χ0v) is 18.4. The third-order valence-corrected chi connectivity index (χ3v) is 6.97. The van der Waals surface area contributed by atoms with Gasteiger partial charge in [0.1, 0.15) is 17.2 Å². The Morgan fingerprint density at radius 1 is 1.16 bits per heavy atom. The molecule has 32 heavy (non-hydrogen) atoms. The van der Waals surface area contributed by atoms with E-state index in [-0.39, 0.29) is 6.42 Å². The molecule has 4 atom stereocenters. The zero-order chi connectivity index (χ0) is 22.5. The van der Waals surface area contributed by atoms with E-state index < -0.39 is 29.0 Å². The third kappa shape index (κ3) is 2.69. The van der Waals surface area contributed by atoms with Gasteiger partial charge in [-0.1, -0.05) is 54.1 Å². The largest absolute Gasteiger partial charge is 0.497 e. The molecule has 2 aromatic carbocycles. The second-order valence-corrected chi connectivity index (χ2v) is 8.57. The second-order valence-electron chi connectivity index (χ2n) is 8.13. The summed E-state index contributed by atoms with van der Waals surface area (Å²) in [6, 6.07) is 18.8. The maximum atomic E-state index is 12.5. The van der Waals surface area contributed by atoms with Crippen molar-refractivity contribution in [3.05, 3.63) is 88.7 Å². The summed E-state index contributed by atoms with van der Waals surface area (Å²) in [7, 11) is 3.18. The van der Waals surface area contributed by atoms with Gasteiger partial charge in [0.05, 0.1) is 18.1 Å². The average molecular weight is 452 g/mol. The van der Waals surface area contributed by atoms with Gasteiger partial charge in [0.2, 0.25) is 0 Å². The quantitative estimate of drug-likeness (QED) is 0.602. The number of hydrogen-bond donors (Lipinski definition) is 1. The Labute approximate surface area is 190 Å². The van der Waals surface area contributed by atoms with E-state index in [1.165, 1.54) is 0 Å². The molecule has 164 valence electrons. The number of carboxylic acids is 1. The molecule has 0 amide bonds. The SMILES string of the molecule is COc1ccc([C@@]23Oc4cc(Cl)cnc4[C@]2(OC)C[C@H](C(=O)O)[C@H]3c2ccccc2)cc1. The molecule has 1 N–H and O–H groups in total. The highest BCUT2D eigenvalue weighted by atomic mass is 35.5. The van der Waals surface area contributed by atoms with Crippen LogP contribution in [0.15, 0.2) is 66.9 Å². The summed E-state index contributed by atoms with van der Waals surface area (Å²) >= 11 is 6.24. The number of aromatic nitrogens is 1. The van der Waals surface area contributed by atoms with Gasteiger partial charge >= 0.3 is 5.97 Å². The van der Waals surface area contributed by atoms with Crippen LogP contribution in [-0.4, -0.2) is 30.3 Å². The van der Waals surface area contributed by atoms with Crippen LogP contribution in [0.4, 0.5) is 0 Å². The molecule has 2 aliphatic rings. The Morgan fingerprint density at radius 3 is 2.50 bits per heavy atom. The predicted octanol–water partition coefficient (Wildman–Crippen LogP) is 4.76. The Balaban J connectivity index is 1.84. The van der Waals surface area contributed by atoms with E-state index in [1.807, 2.05) is 54.6 Å². The highest BCUT2D eigenvalue weighted by molar-refractivity contribution is 6.30. The fraction of sp³-hybridized carbons (Fsp3) is 0.280. The fourth-order valence-corrected chi connectivity index (χ4v) is 5.65. The Morgan fingerprint density at radius 2 is 1.88 bits per heavy atom. The van der Waals surface area contributed by atoms with E-state index >= 15 is 0 Å². The summed E-state index contributed by atoms with van der Waals surface area (Å²) in [4.78, 5) is 17.1. The molecule has 1 aromatic heterocycles. The number of methoxy groups -OCH3 is 2. The number of carboxylic acid groups (broad SMARTS) is 1. The van der Waals surface area contributed by atoms with Gasteiger partial charge < -0.3 is 19.3 Å². The second kappa shape index (κ2) is 7.50. The van der Waals surface area contributed by atoms with E-state index in [0.29, 0.717) is 22.2 Å². The van der Waals surface area contributed by atoms with Crippen molar-refractivity contribution >= 4 is 17.6 Å². The van der Waals surface area contributed by atoms with Crippen LogP contribution in [0.2, 0.25) is 5.02 Å². The molecule has 5 rings (SSSR count). The van der Waals surface area contributed by atoms with Crippen LogP contribution < -0.4 is 9.47 Å². The third-order valence-electron chi connectivity index (χ3n) is 6.76. The lowest BCUT2D eigenvalue weighted by atomic mass is 9.71. The summed E-state index contributed by atoms with van der Waals surface area (Å²) in [6.45, 7) is 0. The van der Waals surface area contributed by atoms with E-state index in [2.05, 4.69) is 4.98 Å². The summed E-state index contributed by atoms with van der Waals surface area (Å²) in [5, 5.41) is 10.7. The Bertz CT molecular complexity index is 1170. The van der Waals surface area contributed by atoms with Gasteiger partial charge in [0.15, 0.2) is 11.2 Å². The number of halogens is 1. The molecule has 2 heterocycles. The van der Waals surface area contributed by atoms with Crippen LogP contribution >= 0.6 is 11.6 Å². The molecule has 1 aliphatic heterocycles. The Hall–Kier alpha value is -3.09. The Kier molecular flexibility index (Phi) is 4.87. The monoisotopic (exact) mass is 451 g/mol. The summed E-state index contributed by atoms with van der Waals surface area (Å²) < 4.78 is 18.3. The number of rotatable bonds is 5. The van der Waals surface area contributed by atoms with E-state index in [0.717, 1.165) is 11.1 Å². The lowest BCUT2D eigenvalue weighted by Gasteiger charge is -2.42. The van der Waals surface area contributed by atoms with Crippen molar-refractivity contribution in [2.45, 2.75) is 23.5 Å². The number of aliphatic carboxylic acids is 1. The van der Waals surface area contributed by atoms with Crippen LogP contribution in [0, 0.1) is 5.92 Å². The van der Waals surface area contributed by atoms with Crippen molar-refractivity contribution in [2.24, 2.45) is 5.92 Å². The van der Waals surface area contributed by atoms with Crippen molar-refractivity contribution in [3.8, 4) is 11.5 Å². The first-order valence-corrected chi connectivity index (χ1v) is 10.7. The molecule has 0 bridgehead atoms. The van der Waals surface area contributed by atoms with Crippen LogP contribution in [0.3, 0.4) is 0 Å². The number of benzene rings is 2. The maximum absolute atomic E-state index is 12.5. The number of hydrogen-bond acceptors (Lipinski definition) is 5. The van der Waals surface area contributed by atoms with Gasteiger partial charge in [-0.3, -0.25) is 9.78 Å². The highest BCUT2D eigenvalue weighted by Gasteiger charge is 2.74. The lowest BCUT2D eigenvalue weighted by Crippen LogP contribution is -2.49. The van der Waals surface area contributed by atoms with Crippen molar-refractivity contribution in [2.75, 3.05) is 14.2 Å². The topological polar surface area (TPSA) is 77.9 Å². The molecule has 0 radical (unpaired) electrons. The summed E-state index contributed by atoms with van der Waals surface area (Å²) in [5.41, 5.74) is -0.0888. The average Bonchev–Trinajstić information content (AvgIpc) is 3.26. The van der Waals surface area contributed by atoms with Crippen molar-refractivity contribution in [1.82, 2.24) is 4.98 Å². The van der Waals surface area contributed by atoms with Crippen LogP contribution in [0.1, 0.15) is 29.2 Å². The van der Waals surface area contributed by atoms with E-state index in [1.54, 1.807) is 26.5 Å². The molecule has 1 saturated carbocycles. The van der Waals surface area contributed by atoms with Crippen LogP contribution in [-0.2, 0) is 20.7 Å². The summed E-state index contributed by atoms with van der Waals surface area (Å²) in [5.74, 6) is -1.02. The normalized spacial score (nSPS) is 28.0. The van der Waals surface area contributed by atoms with Gasteiger partial charge in [0.25, 0.3) is 0 Å². The van der Waals surface area contributed by atoms with Crippen LogP contribution in [0.5, 0.6) is 11.5 Å². The molecule has 6 nitrogen and oxygen atoms in total. The zero-order valence-electron chi connectivity index (χ0n) is 17.6. The number of carbonyl (C=O) groups is 1. The van der Waals surface area contributed by atoms with E-state index in [4.69, 9.17) is 25.8 Å². The van der Waals surface area contributed by atoms with Gasteiger partial charge in [-0.05, 0) is 23.3 Å². The molecule has 0 spiro atoms. The standard InChI is InChI=1S/C25H22ClNO5/c1-30-18-10-8-16(9-11-18)25-21(15-6-4-3-5-7-15)19(23(28)29)13-24(25,31-2)22-20(32-25)12-17(26)14-27-22/h3-12,14,19,21H,13H2,1-2H3,(H,28,29)/t19-,21+,24+,25-/m0/s1. The lowest BCUT2D eigenvalue weighted by molar-refractivity contribution is -0.142. The number of fused-ring (bicyclic) bond motifs is 3. The maximum Gasteiger partial charge on any atom is 0.307 e. The molecular weight excluding hydrogens is 430 g/mol. The summed E-state index contributed by atoms with van der Waals surface area (Å²) in [6.07, 6.45) is 1.74. The molecule has 0 saturated heterocycles. The smallest absolute Gasteiger partial charge is 0.307 e. The number of ether oxygens (including phenoxy) is 3. The van der Waals surface area contributed by atoms with Gasteiger partial charge in [-0.25, -0.2) is 0 Å². The first kappa shape index (κ1) is 20.8. The molecule has 0 unspecified atom stereocenters. The van der Waals surface area contributed by atoms with Crippen molar-refractivity contribution in [3.63, 3.8) is 0 Å². The molecular formula is C25H22ClNO5. The first-order valence-electron chi connectivity index (χ1n) is 10.3. The minimum Gasteiger partial charge on any atom is -0.497 e. The van der Waals surface area contributed by atoms with Crippen LogP contribution in [0.25, 0.3) is 0 Å². The van der Waals surface area contributed by atoms with Gasteiger partial charge in [-0.2, -0.15) is 0 Å². The first-order chi connectivity index (χ1) is 15.5. The van der Waals surface area contributed by atoms with Crippen molar-refractivity contribution in [1.29, 1.82) is 0 Å². The van der Waals surface area contributed by atoms with Crippen molar-refractivity contribution < 1.29 is 24.1 Å². The molecule has 3 aromatic rings. The van der Waals surface area contributed by atoms with Gasteiger partial charge in [0, 0.05) is 31.7 Å². The number of nitrogens with zero attached hydrogens (tertiary/aromatic N) is 1. The molecule has 1 aliphatic carbocycles. The predicted molar refractivity (Wildman–Crippen MR) is 118 cm³/mol. The molecule has 1 fully saturated rings. The number of pyridine rings is 1.